The first-order chi connectivity index (χ1) is 24.2. The van der Waals surface area contributed by atoms with Gasteiger partial charge in [0, 0.05) is 6.42 Å². The van der Waals surface area contributed by atoms with Crippen LogP contribution in [0.4, 0.5) is 0 Å². The molecule has 0 saturated heterocycles. The molecule has 1 aromatic rings. The second kappa shape index (κ2) is 37.1. The van der Waals surface area contributed by atoms with Gasteiger partial charge in [-0.2, -0.15) is 0 Å². The minimum atomic E-state index is -0.357. The van der Waals surface area contributed by atoms with Crippen molar-refractivity contribution in [2.24, 2.45) is 0 Å². The molecule has 284 valence electrons. The molecule has 0 radical (unpaired) electrons. The number of unbranched alkanes of at least 4 members (excludes halogenated alkanes) is 8. The van der Waals surface area contributed by atoms with Crippen LogP contribution in [0, 0.1) is 0 Å². The Kier molecular flexibility index (Phi) is 34.0. The fraction of sp³-hybridized carbons (Fsp3) is 0.784. The van der Waals surface area contributed by atoms with Crippen LogP contribution in [0.15, 0.2) is 30.3 Å². The molecular weight excluding hydrogens is 636 g/mol. The van der Waals surface area contributed by atoms with Gasteiger partial charge < -0.3 is 47.4 Å². The largest absolute Gasteiger partial charge is 0.463 e. The summed E-state index contributed by atoms with van der Waals surface area (Å²) in [5, 5.41) is 0. The summed E-state index contributed by atoms with van der Waals surface area (Å²) in [6.07, 6.45) is 11.6. The Balaban J connectivity index is 1.66. The molecule has 0 N–H and O–H groups in total. The molecular formula is C37H64O12. The lowest BCUT2D eigenvalue weighted by atomic mass is 10.1. The van der Waals surface area contributed by atoms with Gasteiger partial charge in [-0.25, -0.2) is 4.79 Å². The number of benzene rings is 1. The smallest absolute Gasteiger partial charge is 0.338 e. The Morgan fingerprint density at radius 1 is 0.408 bits per heavy atom. The number of hydrogen-bond acceptors (Lipinski definition) is 12. The van der Waals surface area contributed by atoms with Crippen LogP contribution in [0.3, 0.4) is 0 Å². The monoisotopic (exact) mass is 700 g/mol. The highest BCUT2D eigenvalue weighted by Gasteiger charge is 2.05. The van der Waals surface area contributed by atoms with Gasteiger partial charge in [0.25, 0.3) is 0 Å². The number of hydrogen-bond donors (Lipinski definition) is 0. The van der Waals surface area contributed by atoms with E-state index < -0.39 is 0 Å². The van der Waals surface area contributed by atoms with Gasteiger partial charge >= 0.3 is 11.9 Å². The van der Waals surface area contributed by atoms with Crippen molar-refractivity contribution < 1.29 is 57.0 Å². The molecule has 12 heteroatoms. The maximum Gasteiger partial charge on any atom is 0.338 e. The van der Waals surface area contributed by atoms with Crippen LogP contribution in [0.2, 0.25) is 0 Å². The highest BCUT2D eigenvalue weighted by Crippen LogP contribution is 2.10. The number of esters is 2. The van der Waals surface area contributed by atoms with Crippen molar-refractivity contribution in [1.82, 2.24) is 0 Å². The van der Waals surface area contributed by atoms with E-state index in [1.165, 1.54) is 44.9 Å². The third-order valence-corrected chi connectivity index (χ3v) is 7.05. The minimum Gasteiger partial charge on any atom is -0.463 e. The van der Waals surface area contributed by atoms with Gasteiger partial charge in [-0.3, -0.25) is 4.79 Å². The first kappa shape index (κ1) is 44.9. The molecule has 0 atom stereocenters. The Labute approximate surface area is 294 Å². The molecule has 0 aliphatic heterocycles. The minimum absolute atomic E-state index is 0.140. The maximum atomic E-state index is 11.8. The zero-order valence-electron chi connectivity index (χ0n) is 30.1. The lowest BCUT2D eigenvalue weighted by Crippen LogP contribution is -2.15. The molecule has 1 aromatic carbocycles. The summed E-state index contributed by atoms with van der Waals surface area (Å²) in [6.45, 7) is 10.00. The van der Waals surface area contributed by atoms with Crippen LogP contribution in [-0.4, -0.2) is 131 Å². The van der Waals surface area contributed by atoms with E-state index in [0.29, 0.717) is 118 Å². The van der Waals surface area contributed by atoms with Crippen LogP contribution < -0.4 is 0 Å². The Bertz CT molecular complexity index is 842. The van der Waals surface area contributed by atoms with Crippen LogP contribution in [0.25, 0.3) is 0 Å². The molecule has 0 bridgehead atoms. The van der Waals surface area contributed by atoms with Crippen molar-refractivity contribution in [3.8, 4) is 0 Å². The van der Waals surface area contributed by atoms with Gasteiger partial charge in [0.15, 0.2) is 0 Å². The van der Waals surface area contributed by atoms with Crippen molar-refractivity contribution in [3.63, 3.8) is 0 Å². The van der Waals surface area contributed by atoms with Gasteiger partial charge in [0.2, 0.25) is 0 Å². The fourth-order valence-electron chi connectivity index (χ4n) is 4.36. The van der Waals surface area contributed by atoms with E-state index >= 15 is 0 Å². The Morgan fingerprint density at radius 3 is 1.12 bits per heavy atom. The predicted molar refractivity (Wildman–Crippen MR) is 186 cm³/mol. The molecule has 0 aliphatic rings. The lowest BCUT2D eigenvalue weighted by molar-refractivity contribution is -0.145. The molecule has 0 fully saturated rings. The Hall–Kier alpha value is -2.16. The SMILES string of the molecule is CCCCCCCCCCCC(=O)OCCOCCOCCOCCOCCOCCOCCOCCOCCOC(=O)c1ccccc1. The average Bonchev–Trinajstić information content (AvgIpc) is 3.12. The molecule has 1 rings (SSSR count). The standard InChI is InChI=1S/C37H64O12/c1-2-3-4-5-6-7-8-9-13-16-36(38)48-33-31-46-29-27-44-25-23-42-21-19-40-17-18-41-20-22-43-24-26-45-28-30-47-32-34-49-37(39)35-14-11-10-12-15-35/h10-12,14-15H,2-9,13,16-34H2,1H3. The number of carbonyl (C=O) groups excluding carboxylic acids is 2. The predicted octanol–water partition coefficient (Wildman–Crippen LogP) is 5.44. The lowest BCUT2D eigenvalue weighted by Gasteiger charge is -2.09. The van der Waals surface area contributed by atoms with E-state index in [4.69, 9.17) is 47.4 Å². The van der Waals surface area contributed by atoms with Gasteiger partial charge in [0.1, 0.15) is 13.2 Å². The van der Waals surface area contributed by atoms with Crippen molar-refractivity contribution in [2.75, 3.05) is 119 Å². The third kappa shape index (κ3) is 32.8. The molecule has 0 heterocycles. The number of ether oxygens (including phenoxy) is 10. The fourth-order valence-corrected chi connectivity index (χ4v) is 4.36. The first-order valence-electron chi connectivity index (χ1n) is 18.2. The second-order valence-electron chi connectivity index (χ2n) is 11.2. The molecule has 0 saturated carbocycles. The summed E-state index contributed by atoms with van der Waals surface area (Å²) < 4.78 is 54.0. The summed E-state index contributed by atoms with van der Waals surface area (Å²) in [5.74, 6) is -0.498. The molecule has 12 nitrogen and oxygen atoms in total. The van der Waals surface area contributed by atoms with Crippen LogP contribution >= 0.6 is 0 Å². The highest BCUT2D eigenvalue weighted by atomic mass is 16.6. The van der Waals surface area contributed by atoms with E-state index in [1.54, 1.807) is 24.3 Å². The van der Waals surface area contributed by atoms with Crippen molar-refractivity contribution in [3.05, 3.63) is 35.9 Å². The maximum absolute atomic E-state index is 11.8. The number of rotatable bonds is 38. The van der Waals surface area contributed by atoms with Crippen molar-refractivity contribution in [2.45, 2.75) is 71.1 Å². The second-order valence-corrected chi connectivity index (χ2v) is 11.2. The van der Waals surface area contributed by atoms with Gasteiger partial charge in [-0.1, -0.05) is 76.5 Å². The summed E-state index contributed by atoms with van der Waals surface area (Å²) in [4.78, 5) is 23.6. The molecule has 0 spiro atoms. The van der Waals surface area contributed by atoms with E-state index in [9.17, 15) is 9.59 Å². The molecule has 49 heavy (non-hydrogen) atoms. The molecule has 0 amide bonds. The van der Waals surface area contributed by atoms with Gasteiger partial charge in [-0.05, 0) is 18.6 Å². The van der Waals surface area contributed by atoms with E-state index in [0.717, 1.165) is 12.8 Å². The zero-order valence-corrected chi connectivity index (χ0v) is 30.1. The first-order valence-corrected chi connectivity index (χ1v) is 18.2. The van der Waals surface area contributed by atoms with Crippen molar-refractivity contribution >= 4 is 11.9 Å². The average molecular weight is 701 g/mol. The zero-order chi connectivity index (χ0) is 35.1. The topological polar surface area (TPSA) is 126 Å². The molecule has 0 aliphatic carbocycles. The quantitative estimate of drug-likeness (QED) is 0.0644. The third-order valence-electron chi connectivity index (χ3n) is 7.05. The van der Waals surface area contributed by atoms with Crippen LogP contribution in [-0.2, 0) is 52.2 Å². The summed E-state index contributed by atoms with van der Waals surface area (Å²) in [6, 6.07) is 8.85. The van der Waals surface area contributed by atoms with Crippen LogP contribution in [0.1, 0.15) is 81.5 Å². The van der Waals surface area contributed by atoms with E-state index in [1.807, 2.05) is 6.07 Å². The van der Waals surface area contributed by atoms with Gasteiger partial charge in [0.05, 0.1) is 111 Å². The molecule has 0 aromatic heterocycles. The van der Waals surface area contributed by atoms with E-state index in [-0.39, 0.29) is 25.2 Å². The Morgan fingerprint density at radius 2 is 0.735 bits per heavy atom. The van der Waals surface area contributed by atoms with Crippen molar-refractivity contribution in [1.29, 1.82) is 0 Å². The molecule has 0 unspecified atom stereocenters. The van der Waals surface area contributed by atoms with Gasteiger partial charge in [-0.15, -0.1) is 0 Å². The summed E-state index contributed by atoms with van der Waals surface area (Å²) in [7, 11) is 0. The highest BCUT2D eigenvalue weighted by molar-refractivity contribution is 5.89. The van der Waals surface area contributed by atoms with E-state index in [2.05, 4.69) is 6.92 Å². The summed E-state index contributed by atoms with van der Waals surface area (Å²) in [5.41, 5.74) is 0.524. The number of carbonyl (C=O) groups is 2. The van der Waals surface area contributed by atoms with Crippen LogP contribution in [0.5, 0.6) is 0 Å². The normalized spacial score (nSPS) is 11.2. The summed E-state index contributed by atoms with van der Waals surface area (Å²) >= 11 is 0.